The number of hydrazine groups is 1. The summed E-state index contributed by atoms with van der Waals surface area (Å²) in [6, 6.07) is 8.50. The van der Waals surface area contributed by atoms with Crippen molar-refractivity contribution in [2.75, 3.05) is 11.6 Å². The van der Waals surface area contributed by atoms with Gasteiger partial charge in [-0.2, -0.15) is 0 Å². The smallest absolute Gasteiger partial charge is 0.247 e. The van der Waals surface area contributed by atoms with Gasteiger partial charge in [0.15, 0.2) is 0 Å². The molecule has 166 valence electrons. The van der Waals surface area contributed by atoms with Crippen LogP contribution in [0.5, 0.6) is 0 Å². The zero-order chi connectivity index (χ0) is 22.2. The van der Waals surface area contributed by atoms with Gasteiger partial charge in [0.05, 0.1) is 11.2 Å². The molecule has 1 aromatic heterocycles. The van der Waals surface area contributed by atoms with Crippen LogP contribution >= 0.6 is 0 Å². The second-order valence-electron chi connectivity index (χ2n) is 9.29. The van der Waals surface area contributed by atoms with E-state index in [2.05, 4.69) is 67.7 Å². The van der Waals surface area contributed by atoms with Gasteiger partial charge in [0, 0.05) is 30.1 Å². The maximum Gasteiger partial charge on any atom is 0.247 e. The van der Waals surface area contributed by atoms with Crippen LogP contribution in [0.25, 0.3) is 6.08 Å². The Hall–Kier alpha value is -2.53. The molecule has 5 nitrogen and oxygen atoms in total. The summed E-state index contributed by atoms with van der Waals surface area (Å²) in [6.45, 7) is 11.4. The second-order valence-corrected chi connectivity index (χ2v) is 9.29. The minimum absolute atomic E-state index is 0.0403. The molecule has 2 heterocycles. The molecular formula is C26H35N3O2. The van der Waals surface area contributed by atoms with Crippen LogP contribution in [-0.2, 0) is 16.8 Å². The summed E-state index contributed by atoms with van der Waals surface area (Å²) < 4.78 is 6.09. The number of nitrogens with one attached hydrogen (secondary N) is 2. The number of hydrogen-bond donors (Lipinski definition) is 2. The molecule has 1 aliphatic heterocycles. The molecule has 2 unspecified atom stereocenters. The predicted octanol–water partition coefficient (Wildman–Crippen LogP) is 5.16. The molecule has 31 heavy (non-hydrogen) atoms. The number of carbonyl (C=O) groups excluding carboxylic acids is 1. The Bertz CT molecular complexity index is 1010. The Morgan fingerprint density at radius 1 is 1.26 bits per heavy atom. The first-order valence-electron chi connectivity index (χ1n) is 11.6. The predicted molar refractivity (Wildman–Crippen MR) is 126 cm³/mol. The number of furan rings is 1. The molecule has 4 rings (SSSR count). The van der Waals surface area contributed by atoms with Crippen LogP contribution in [0.4, 0.5) is 5.69 Å². The lowest BCUT2D eigenvalue weighted by Crippen LogP contribution is -2.53. The van der Waals surface area contributed by atoms with E-state index in [1.165, 1.54) is 11.1 Å². The largest absolute Gasteiger partial charge is 0.466 e. The van der Waals surface area contributed by atoms with Crippen molar-refractivity contribution in [1.82, 2.24) is 10.7 Å². The molecule has 1 amide bonds. The third-order valence-corrected chi connectivity index (χ3v) is 6.92. The van der Waals surface area contributed by atoms with Crippen LogP contribution in [0.15, 0.2) is 34.3 Å². The number of fused-ring (bicyclic) bond motifs is 2. The van der Waals surface area contributed by atoms with Gasteiger partial charge in [0.1, 0.15) is 11.5 Å². The number of rotatable bonds is 5. The lowest BCUT2D eigenvalue weighted by molar-refractivity contribution is -0.118. The highest BCUT2D eigenvalue weighted by Gasteiger charge is 2.38. The van der Waals surface area contributed by atoms with Crippen molar-refractivity contribution in [3.8, 4) is 0 Å². The molecule has 2 aliphatic rings. The van der Waals surface area contributed by atoms with Gasteiger partial charge >= 0.3 is 0 Å². The van der Waals surface area contributed by atoms with E-state index in [-0.39, 0.29) is 17.5 Å². The fraction of sp³-hybridized carbons (Fsp3) is 0.500. The third kappa shape index (κ3) is 4.16. The van der Waals surface area contributed by atoms with Gasteiger partial charge in [0.2, 0.25) is 5.91 Å². The summed E-state index contributed by atoms with van der Waals surface area (Å²) in [5, 5.41) is 5.37. The summed E-state index contributed by atoms with van der Waals surface area (Å²) in [5.41, 5.74) is 9.23. The minimum Gasteiger partial charge on any atom is -0.466 e. The van der Waals surface area contributed by atoms with Gasteiger partial charge in [-0.1, -0.05) is 25.1 Å². The van der Waals surface area contributed by atoms with Crippen LogP contribution < -0.4 is 15.8 Å². The normalized spacial score (nSPS) is 21.6. The van der Waals surface area contributed by atoms with E-state index < -0.39 is 0 Å². The van der Waals surface area contributed by atoms with E-state index in [4.69, 9.17) is 4.42 Å². The Labute approximate surface area is 185 Å². The number of hydrogen-bond acceptors (Lipinski definition) is 4. The van der Waals surface area contributed by atoms with Crippen molar-refractivity contribution >= 4 is 17.7 Å². The lowest BCUT2D eigenvalue weighted by atomic mass is 9.79. The molecule has 2 N–H and O–H groups in total. The molecule has 1 aromatic carbocycles. The van der Waals surface area contributed by atoms with Crippen LogP contribution in [0.2, 0.25) is 0 Å². The van der Waals surface area contributed by atoms with Crippen molar-refractivity contribution in [3.63, 3.8) is 0 Å². The summed E-state index contributed by atoms with van der Waals surface area (Å²) in [6.07, 6.45) is 6.81. The zero-order valence-corrected chi connectivity index (χ0v) is 19.5. The topological polar surface area (TPSA) is 57.5 Å². The molecule has 0 fully saturated rings. The number of para-hydroxylation sites is 1. The summed E-state index contributed by atoms with van der Waals surface area (Å²) >= 11 is 0. The Morgan fingerprint density at radius 2 is 2.03 bits per heavy atom. The van der Waals surface area contributed by atoms with Crippen LogP contribution in [0, 0.1) is 13.8 Å². The van der Waals surface area contributed by atoms with Crippen LogP contribution in [-0.4, -0.2) is 18.5 Å². The van der Waals surface area contributed by atoms with Crippen LogP contribution in [0.1, 0.15) is 74.7 Å². The number of amides is 1. The molecule has 1 aliphatic carbocycles. The average Bonchev–Trinajstić information content (AvgIpc) is 2.93. The fourth-order valence-corrected chi connectivity index (χ4v) is 4.91. The first kappa shape index (κ1) is 21.7. The molecular weight excluding hydrogens is 386 g/mol. The third-order valence-electron chi connectivity index (χ3n) is 6.92. The maximum absolute atomic E-state index is 12.9. The van der Waals surface area contributed by atoms with E-state index in [0.29, 0.717) is 6.42 Å². The fourth-order valence-electron chi connectivity index (χ4n) is 4.91. The van der Waals surface area contributed by atoms with Gasteiger partial charge in [0.25, 0.3) is 0 Å². The van der Waals surface area contributed by atoms with Crippen molar-refractivity contribution in [1.29, 1.82) is 0 Å². The standard InChI is InChI=1S/C26H35N3O2/c1-6-17(2)27-25(30)21-13-15-29(22-11-8-7-10-20(22)16-21)28-26(5)14-9-12-23-24(26)18(3)19(4)31-23/h7-8,10-11,16-17,28H,6,9,12-15H2,1-5H3,(H,27,30). The van der Waals surface area contributed by atoms with Crippen molar-refractivity contribution < 1.29 is 9.21 Å². The Morgan fingerprint density at radius 3 is 2.81 bits per heavy atom. The van der Waals surface area contributed by atoms with Gasteiger partial charge in [-0.15, -0.1) is 0 Å². The molecule has 5 heteroatoms. The highest BCUT2D eigenvalue weighted by atomic mass is 16.3. The molecule has 2 aromatic rings. The van der Waals surface area contributed by atoms with E-state index in [1.807, 2.05) is 13.0 Å². The highest BCUT2D eigenvalue weighted by molar-refractivity contribution is 5.99. The molecule has 0 bridgehead atoms. The number of aryl methyl sites for hydroxylation is 2. The quantitative estimate of drug-likeness (QED) is 0.700. The number of benzene rings is 1. The van der Waals surface area contributed by atoms with Gasteiger partial charge in [-0.3, -0.25) is 4.79 Å². The molecule has 0 saturated heterocycles. The number of anilines is 1. The second kappa shape index (κ2) is 8.54. The van der Waals surface area contributed by atoms with E-state index in [0.717, 1.165) is 60.6 Å². The highest BCUT2D eigenvalue weighted by Crippen LogP contribution is 2.41. The van der Waals surface area contributed by atoms with Gasteiger partial charge in [-0.05, 0) is 76.6 Å². The maximum atomic E-state index is 12.9. The monoisotopic (exact) mass is 421 g/mol. The van der Waals surface area contributed by atoms with Gasteiger partial charge in [-0.25, -0.2) is 5.43 Å². The Kier molecular flexibility index (Phi) is 5.98. The van der Waals surface area contributed by atoms with E-state index in [1.54, 1.807) is 0 Å². The van der Waals surface area contributed by atoms with Crippen LogP contribution in [0.3, 0.4) is 0 Å². The minimum atomic E-state index is -0.202. The van der Waals surface area contributed by atoms with Gasteiger partial charge < -0.3 is 14.7 Å². The lowest BCUT2D eigenvalue weighted by Gasteiger charge is -2.41. The molecule has 0 saturated carbocycles. The first-order chi connectivity index (χ1) is 14.8. The number of carbonyl (C=O) groups is 1. The molecule has 0 spiro atoms. The summed E-state index contributed by atoms with van der Waals surface area (Å²) in [5.74, 6) is 2.17. The number of nitrogens with zero attached hydrogens (tertiary/aromatic N) is 1. The average molecular weight is 422 g/mol. The Balaban J connectivity index is 1.64. The van der Waals surface area contributed by atoms with Crippen molar-refractivity contribution in [2.24, 2.45) is 0 Å². The van der Waals surface area contributed by atoms with E-state index >= 15 is 0 Å². The van der Waals surface area contributed by atoms with E-state index in [9.17, 15) is 4.79 Å². The van der Waals surface area contributed by atoms with Crippen molar-refractivity contribution in [3.05, 3.63) is 58.0 Å². The van der Waals surface area contributed by atoms with Crippen molar-refractivity contribution in [2.45, 2.75) is 78.3 Å². The SMILES string of the molecule is CCC(C)NC(=O)C1=Cc2ccccc2N(NC2(C)CCCc3oc(C)c(C)c32)CC1. The first-order valence-corrected chi connectivity index (χ1v) is 11.6. The zero-order valence-electron chi connectivity index (χ0n) is 19.5. The summed E-state index contributed by atoms with van der Waals surface area (Å²) in [4.78, 5) is 12.9. The summed E-state index contributed by atoms with van der Waals surface area (Å²) in [7, 11) is 0. The molecule has 0 radical (unpaired) electrons. The molecule has 2 atom stereocenters.